The maximum absolute atomic E-state index is 3.87. The molecule has 0 spiro atoms. The second-order valence-corrected chi connectivity index (χ2v) is 11.7. The highest BCUT2D eigenvalue weighted by atomic mass is 15.0. The predicted octanol–water partition coefficient (Wildman–Crippen LogP) is 7.26. The first-order valence-electron chi connectivity index (χ1n) is 13.7. The molecular formula is C31H44N2. The third-order valence-corrected chi connectivity index (χ3v) is 8.69. The summed E-state index contributed by atoms with van der Waals surface area (Å²) < 4.78 is 0. The molecule has 0 bridgehead atoms. The minimum atomic E-state index is -0.0115. The summed E-state index contributed by atoms with van der Waals surface area (Å²) in [6.07, 6.45) is 11.0. The summed E-state index contributed by atoms with van der Waals surface area (Å²) in [6.45, 7) is 11.1. The van der Waals surface area contributed by atoms with Gasteiger partial charge in [-0.2, -0.15) is 0 Å². The fourth-order valence-electron chi connectivity index (χ4n) is 6.76. The summed E-state index contributed by atoms with van der Waals surface area (Å²) in [5.41, 5.74) is 9.21. The molecule has 2 aromatic carbocycles. The Morgan fingerprint density at radius 3 is 1.42 bits per heavy atom. The second kappa shape index (κ2) is 9.55. The molecule has 2 N–H and O–H groups in total. The van der Waals surface area contributed by atoms with E-state index in [1.807, 2.05) is 0 Å². The van der Waals surface area contributed by atoms with Gasteiger partial charge in [-0.3, -0.25) is 0 Å². The van der Waals surface area contributed by atoms with E-state index in [2.05, 4.69) is 74.7 Å². The highest BCUT2D eigenvalue weighted by molar-refractivity contribution is 5.82. The first kappa shape index (κ1) is 23.1. The molecule has 0 unspecified atom stereocenters. The van der Waals surface area contributed by atoms with Crippen LogP contribution in [0.4, 0.5) is 0 Å². The van der Waals surface area contributed by atoms with Gasteiger partial charge in [-0.15, -0.1) is 0 Å². The van der Waals surface area contributed by atoms with Gasteiger partial charge in [0.25, 0.3) is 0 Å². The number of rotatable bonds is 8. The number of nitrogens with one attached hydrogen (secondary N) is 2. The summed E-state index contributed by atoms with van der Waals surface area (Å²) in [4.78, 5) is 0. The molecule has 0 aromatic heterocycles. The summed E-state index contributed by atoms with van der Waals surface area (Å²) in [6, 6.07) is 16.0. The lowest BCUT2D eigenvalue weighted by molar-refractivity contribution is 0.402. The van der Waals surface area contributed by atoms with E-state index in [0.717, 1.165) is 24.9 Å². The Balaban J connectivity index is 1.64. The standard InChI is InChI=1S/C31H44N2/c1-21(2)32-19-31(20-33-22(3)4)29-17-25(23-9-5-6-10-23)13-15-27(29)28-16-14-26(18-30(28)31)24-11-7-8-12-24/h13-18,21-24,32-33H,5-12,19-20H2,1-4H3. The number of hydrogen-bond donors (Lipinski definition) is 2. The van der Waals surface area contributed by atoms with Gasteiger partial charge in [0.1, 0.15) is 0 Å². The van der Waals surface area contributed by atoms with Gasteiger partial charge in [-0.25, -0.2) is 0 Å². The molecule has 2 nitrogen and oxygen atoms in total. The predicted molar refractivity (Wildman–Crippen MR) is 141 cm³/mol. The Hall–Kier alpha value is -1.64. The molecule has 2 heteroatoms. The Morgan fingerprint density at radius 1 is 0.667 bits per heavy atom. The Labute approximate surface area is 202 Å². The van der Waals surface area contributed by atoms with E-state index in [-0.39, 0.29) is 5.41 Å². The van der Waals surface area contributed by atoms with Crippen molar-refractivity contribution in [2.24, 2.45) is 0 Å². The van der Waals surface area contributed by atoms with Crippen molar-refractivity contribution in [3.8, 4) is 11.1 Å². The molecule has 0 saturated heterocycles. The van der Waals surface area contributed by atoms with Crippen molar-refractivity contribution < 1.29 is 0 Å². The van der Waals surface area contributed by atoms with Gasteiger partial charge in [-0.1, -0.05) is 89.8 Å². The van der Waals surface area contributed by atoms with E-state index in [9.17, 15) is 0 Å². The molecule has 33 heavy (non-hydrogen) atoms. The highest BCUT2D eigenvalue weighted by Crippen LogP contribution is 2.51. The molecule has 178 valence electrons. The molecule has 3 aliphatic rings. The van der Waals surface area contributed by atoms with E-state index >= 15 is 0 Å². The highest BCUT2D eigenvalue weighted by Gasteiger charge is 2.44. The van der Waals surface area contributed by atoms with E-state index in [1.54, 1.807) is 22.3 Å². The van der Waals surface area contributed by atoms with Crippen LogP contribution in [0.1, 0.15) is 113 Å². The normalized spacial score (nSPS) is 20.2. The number of benzene rings is 2. The molecule has 0 atom stereocenters. The van der Waals surface area contributed by atoms with Crippen molar-refractivity contribution in [3.05, 3.63) is 58.7 Å². The van der Waals surface area contributed by atoms with Gasteiger partial charge in [-0.05, 0) is 70.9 Å². The average Bonchev–Trinajstić information content (AvgIpc) is 3.57. The molecular weight excluding hydrogens is 400 g/mol. The first-order chi connectivity index (χ1) is 16.0. The van der Waals surface area contributed by atoms with E-state index < -0.39 is 0 Å². The van der Waals surface area contributed by atoms with E-state index in [1.165, 1.54) is 62.5 Å². The number of hydrogen-bond acceptors (Lipinski definition) is 2. The molecule has 2 saturated carbocycles. The molecule has 0 heterocycles. The molecule has 5 rings (SSSR count). The third-order valence-electron chi connectivity index (χ3n) is 8.69. The second-order valence-electron chi connectivity index (χ2n) is 11.7. The summed E-state index contributed by atoms with van der Waals surface area (Å²) in [5, 5.41) is 7.74. The lowest BCUT2D eigenvalue weighted by Gasteiger charge is -2.35. The van der Waals surface area contributed by atoms with Crippen LogP contribution in [0.5, 0.6) is 0 Å². The summed E-state index contributed by atoms with van der Waals surface area (Å²) >= 11 is 0. The van der Waals surface area contributed by atoms with Crippen LogP contribution in [0.2, 0.25) is 0 Å². The van der Waals surface area contributed by atoms with Crippen LogP contribution in [0, 0.1) is 0 Å². The zero-order valence-electron chi connectivity index (χ0n) is 21.3. The molecule has 0 aliphatic heterocycles. The van der Waals surface area contributed by atoms with Crippen LogP contribution in [0.15, 0.2) is 36.4 Å². The van der Waals surface area contributed by atoms with Crippen molar-refractivity contribution in [2.75, 3.05) is 13.1 Å². The van der Waals surface area contributed by atoms with Gasteiger partial charge in [0.2, 0.25) is 0 Å². The van der Waals surface area contributed by atoms with Crippen LogP contribution in [0.25, 0.3) is 11.1 Å². The molecule has 2 fully saturated rings. The Kier molecular flexibility index (Phi) is 6.69. The molecule has 2 aromatic rings. The summed E-state index contributed by atoms with van der Waals surface area (Å²) in [7, 11) is 0. The lowest BCUT2D eigenvalue weighted by Crippen LogP contribution is -2.48. The minimum absolute atomic E-state index is 0.0115. The molecule has 0 radical (unpaired) electrons. The fraction of sp³-hybridized carbons (Fsp3) is 0.613. The van der Waals surface area contributed by atoms with Crippen LogP contribution in [-0.2, 0) is 5.41 Å². The first-order valence-corrected chi connectivity index (χ1v) is 13.7. The SMILES string of the molecule is CC(C)NCC1(CNC(C)C)c2cc(C3CCCC3)ccc2-c2ccc(C3CCCC3)cc21. The quantitative estimate of drug-likeness (QED) is 0.447. The average molecular weight is 445 g/mol. The topological polar surface area (TPSA) is 24.1 Å². The maximum Gasteiger partial charge on any atom is 0.0464 e. The van der Waals surface area contributed by atoms with Crippen molar-refractivity contribution in [1.29, 1.82) is 0 Å². The smallest absolute Gasteiger partial charge is 0.0464 e. The van der Waals surface area contributed by atoms with Crippen molar-refractivity contribution in [3.63, 3.8) is 0 Å². The van der Waals surface area contributed by atoms with Gasteiger partial charge >= 0.3 is 0 Å². The van der Waals surface area contributed by atoms with Gasteiger partial charge in [0.05, 0.1) is 0 Å². The molecule has 0 amide bonds. The zero-order chi connectivity index (χ0) is 23.0. The Bertz CT molecular complexity index is 881. The summed E-state index contributed by atoms with van der Waals surface area (Å²) in [5.74, 6) is 1.50. The monoisotopic (exact) mass is 444 g/mol. The van der Waals surface area contributed by atoms with Crippen LogP contribution >= 0.6 is 0 Å². The van der Waals surface area contributed by atoms with Crippen molar-refractivity contribution in [1.82, 2.24) is 10.6 Å². The van der Waals surface area contributed by atoms with Crippen molar-refractivity contribution >= 4 is 0 Å². The third kappa shape index (κ3) is 4.42. The van der Waals surface area contributed by atoms with Crippen LogP contribution in [-0.4, -0.2) is 25.2 Å². The number of fused-ring (bicyclic) bond motifs is 3. The fourth-order valence-corrected chi connectivity index (χ4v) is 6.76. The molecule has 3 aliphatic carbocycles. The van der Waals surface area contributed by atoms with Crippen LogP contribution < -0.4 is 10.6 Å². The van der Waals surface area contributed by atoms with Gasteiger partial charge in [0, 0.05) is 30.6 Å². The zero-order valence-corrected chi connectivity index (χ0v) is 21.3. The minimum Gasteiger partial charge on any atom is -0.313 e. The van der Waals surface area contributed by atoms with Crippen molar-refractivity contribution in [2.45, 2.75) is 108 Å². The van der Waals surface area contributed by atoms with Gasteiger partial charge < -0.3 is 10.6 Å². The lowest BCUT2D eigenvalue weighted by atomic mass is 9.75. The van der Waals surface area contributed by atoms with E-state index in [0.29, 0.717) is 12.1 Å². The largest absolute Gasteiger partial charge is 0.313 e. The maximum atomic E-state index is 3.87. The van der Waals surface area contributed by atoms with Crippen LogP contribution in [0.3, 0.4) is 0 Å². The Morgan fingerprint density at radius 2 is 1.06 bits per heavy atom. The van der Waals surface area contributed by atoms with Gasteiger partial charge in [0.15, 0.2) is 0 Å². The van der Waals surface area contributed by atoms with E-state index in [4.69, 9.17) is 0 Å².